The summed E-state index contributed by atoms with van der Waals surface area (Å²) in [7, 11) is 0. The highest BCUT2D eigenvalue weighted by Crippen LogP contribution is 2.34. The molecule has 2 aliphatic rings. The third-order valence-electron chi connectivity index (χ3n) is 6.63. The molecule has 33 heavy (non-hydrogen) atoms. The minimum Gasteiger partial charge on any atom is -0.494 e. The molecule has 2 saturated heterocycles. The lowest BCUT2D eigenvalue weighted by Crippen LogP contribution is -2.52. The van der Waals surface area contributed by atoms with Gasteiger partial charge in [0, 0.05) is 45.8 Å². The second-order valence-corrected chi connectivity index (χ2v) is 9.94. The van der Waals surface area contributed by atoms with Crippen molar-refractivity contribution >= 4 is 32.6 Å². The molecule has 1 amide bonds. The van der Waals surface area contributed by atoms with E-state index in [0.29, 0.717) is 12.5 Å². The minimum atomic E-state index is 0.0606. The van der Waals surface area contributed by atoms with E-state index in [1.807, 2.05) is 19.1 Å². The molecule has 3 heterocycles. The van der Waals surface area contributed by atoms with Crippen molar-refractivity contribution in [1.82, 2.24) is 14.8 Å². The van der Waals surface area contributed by atoms with Crippen LogP contribution in [-0.2, 0) is 11.3 Å². The van der Waals surface area contributed by atoms with Crippen LogP contribution in [0.4, 0.5) is 5.13 Å². The van der Waals surface area contributed by atoms with Crippen LogP contribution in [-0.4, -0.2) is 66.6 Å². The Labute approximate surface area is 199 Å². The van der Waals surface area contributed by atoms with Crippen molar-refractivity contribution in [2.75, 3.05) is 50.8 Å². The minimum absolute atomic E-state index is 0.0606. The van der Waals surface area contributed by atoms with E-state index in [1.54, 1.807) is 11.3 Å². The number of fused-ring (bicyclic) bond motifs is 1. The van der Waals surface area contributed by atoms with Crippen molar-refractivity contribution in [3.05, 3.63) is 54.1 Å². The Morgan fingerprint density at radius 1 is 1.09 bits per heavy atom. The van der Waals surface area contributed by atoms with Crippen LogP contribution in [0.15, 0.2) is 48.5 Å². The molecule has 2 aliphatic heterocycles. The lowest BCUT2D eigenvalue weighted by atomic mass is 9.96. The first-order chi connectivity index (χ1) is 16.2. The molecule has 0 radical (unpaired) electrons. The van der Waals surface area contributed by atoms with Crippen LogP contribution in [0.3, 0.4) is 0 Å². The molecular weight excluding hydrogens is 432 g/mol. The van der Waals surface area contributed by atoms with E-state index in [-0.39, 0.29) is 5.92 Å². The Balaban J connectivity index is 1.18. The zero-order valence-electron chi connectivity index (χ0n) is 19.3. The average molecular weight is 465 g/mol. The molecule has 5 rings (SSSR count). The Kier molecular flexibility index (Phi) is 6.78. The Hall–Kier alpha value is -2.64. The zero-order chi connectivity index (χ0) is 22.6. The lowest BCUT2D eigenvalue weighted by molar-refractivity contribution is -0.137. The number of carbonyl (C=O) groups excluding carboxylic acids is 1. The second-order valence-electron chi connectivity index (χ2n) is 8.93. The van der Waals surface area contributed by atoms with Crippen molar-refractivity contribution in [2.45, 2.75) is 26.3 Å². The monoisotopic (exact) mass is 464 g/mol. The fourth-order valence-electron chi connectivity index (χ4n) is 4.86. The van der Waals surface area contributed by atoms with E-state index in [9.17, 15) is 4.79 Å². The molecule has 0 saturated carbocycles. The topological polar surface area (TPSA) is 48.9 Å². The number of aromatic nitrogens is 1. The van der Waals surface area contributed by atoms with Crippen molar-refractivity contribution in [1.29, 1.82) is 0 Å². The number of nitrogens with zero attached hydrogens (tertiary/aromatic N) is 4. The number of anilines is 1. The van der Waals surface area contributed by atoms with E-state index in [1.165, 1.54) is 5.56 Å². The van der Waals surface area contributed by atoms with Crippen molar-refractivity contribution in [3.63, 3.8) is 0 Å². The maximum atomic E-state index is 13.3. The molecule has 7 heteroatoms. The van der Waals surface area contributed by atoms with Crippen molar-refractivity contribution in [3.8, 4) is 5.75 Å². The maximum Gasteiger partial charge on any atom is 0.227 e. The number of hydrogen-bond donors (Lipinski definition) is 0. The highest BCUT2D eigenvalue weighted by molar-refractivity contribution is 7.22. The lowest BCUT2D eigenvalue weighted by Gasteiger charge is -2.39. The van der Waals surface area contributed by atoms with Crippen LogP contribution in [0.5, 0.6) is 5.75 Å². The normalized spacial score (nSPS) is 19.7. The third kappa shape index (κ3) is 5.14. The number of piperazine rings is 1. The summed E-state index contributed by atoms with van der Waals surface area (Å²) in [5, 5.41) is 1.02. The smallest absolute Gasteiger partial charge is 0.227 e. The quantitative estimate of drug-likeness (QED) is 0.546. The van der Waals surface area contributed by atoms with Gasteiger partial charge in [0.15, 0.2) is 5.13 Å². The first kappa shape index (κ1) is 22.2. The molecule has 0 N–H and O–H groups in total. The SMILES string of the molecule is CCOc1ccc2nc(N3CCC[C@H](C(=O)N4CCN(Cc5ccccc5)CC4)C3)sc2c1. The van der Waals surface area contributed by atoms with E-state index in [2.05, 4.69) is 51.1 Å². The van der Waals surface area contributed by atoms with Gasteiger partial charge in [0.1, 0.15) is 5.75 Å². The van der Waals surface area contributed by atoms with E-state index >= 15 is 0 Å². The average Bonchev–Trinajstić information content (AvgIpc) is 3.29. The summed E-state index contributed by atoms with van der Waals surface area (Å²) >= 11 is 1.70. The summed E-state index contributed by atoms with van der Waals surface area (Å²) in [5.41, 5.74) is 2.34. The van der Waals surface area contributed by atoms with Crippen LogP contribution < -0.4 is 9.64 Å². The van der Waals surface area contributed by atoms with Gasteiger partial charge in [-0.3, -0.25) is 9.69 Å². The highest BCUT2D eigenvalue weighted by Gasteiger charge is 2.32. The number of rotatable bonds is 6. The molecule has 0 unspecified atom stereocenters. The maximum absolute atomic E-state index is 13.3. The van der Waals surface area contributed by atoms with E-state index in [4.69, 9.17) is 9.72 Å². The molecule has 0 bridgehead atoms. The molecule has 1 atom stereocenters. The standard InChI is InChI=1S/C26H32N4O2S/c1-2-32-22-10-11-23-24(17-22)33-26(27-23)30-12-6-9-21(19-30)25(31)29-15-13-28(14-16-29)18-20-7-4-3-5-8-20/h3-5,7-8,10-11,17,21H,2,6,9,12-16,18-19H2,1H3/t21-/m0/s1. The van der Waals surface area contributed by atoms with Gasteiger partial charge in [-0.05, 0) is 43.5 Å². The van der Waals surface area contributed by atoms with Gasteiger partial charge >= 0.3 is 0 Å². The number of ether oxygens (including phenoxy) is 1. The van der Waals surface area contributed by atoms with Gasteiger partial charge in [-0.15, -0.1) is 0 Å². The van der Waals surface area contributed by atoms with Crippen molar-refractivity contribution in [2.24, 2.45) is 5.92 Å². The highest BCUT2D eigenvalue weighted by atomic mass is 32.1. The van der Waals surface area contributed by atoms with Gasteiger partial charge < -0.3 is 14.5 Å². The number of amides is 1. The van der Waals surface area contributed by atoms with Crippen molar-refractivity contribution < 1.29 is 9.53 Å². The third-order valence-corrected chi connectivity index (χ3v) is 7.71. The number of carbonyl (C=O) groups is 1. The van der Waals surface area contributed by atoms with Gasteiger partial charge in [0.05, 0.1) is 22.7 Å². The van der Waals surface area contributed by atoms with Gasteiger partial charge in [-0.1, -0.05) is 41.7 Å². The van der Waals surface area contributed by atoms with Crippen LogP contribution >= 0.6 is 11.3 Å². The Morgan fingerprint density at radius 2 is 1.91 bits per heavy atom. The number of hydrogen-bond acceptors (Lipinski definition) is 6. The molecule has 3 aromatic rings. The summed E-state index contributed by atoms with van der Waals surface area (Å²) in [6.07, 6.45) is 2.00. The number of piperidine rings is 1. The molecule has 0 aliphatic carbocycles. The molecule has 1 aromatic heterocycles. The summed E-state index contributed by atoms with van der Waals surface area (Å²) < 4.78 is 6.77. The molecule has 6 nitrogen and oxygen atoms in total. The molecule has 2 fully saturated rings. The zero-order valence-corrected chi connectivity index (χ0v) is 20.1. The van der Waals surface area contributed by atoms with Gasteiger partial charge in [-0.25, -0.2) is 4.98 Å². The van der Waals surface area contributed by atoms with Gasteiger partial charge in [0.25, 0.3) is 0 Å². The first-order valence-corrected chi connectivity index (χ1v) is 12.8. The fraction of sp³-hybridized carbons (Fsp3) is 0.462. The Morgan fingerprint density at radius 3 is 2.70 bits per heavy atom. The van der Waals surface area contributed by atoms with Gasteiger partial charge in [0.2, 0.25) is 5.91 Å². The van der Waals surface area contributed by atoms with Crippen LogP contribution in [0.25, 0.3) is 10.2 Å². The van der Waals surface area contributed by atoms with E-state index in [0.717, 1.165) is 79.8 Å². The number of thiazole rings is 1. The largest absolute Gasteiger partial charge is 0.494 e. The van der Waals surface area contributed by atoms with E-state index < -0.39 is 0 Å². The van der Waals surface area contributed by atoms with Gasteiger partial charge in [-0.2, -0.15) is 0 Å². The summed E-state index contributed by atoms with van der Waals surface area (Å²) in [4.78, 5) is 25.0. The first-order valence-electron chi connectivity index (χ1n) is 12.0. The molecular formula is C26H32N4O2S. The molecule has 2 aromatic carbocycles. The Bertz CT molecular complexity index is 1080. The summed E-state index contributed by atoms with van der Waals surface area (Å²) in [6, 6.07) is 16.7. The summed E-state index contributed by atoms with van der Waals surface area (Å²) in [5.74, 6) is 1.27. The fourth-order valence-corrected chi connectivity index (χ4v) is 5.89. The second kappa shape index (κ2) is 10.1. The summed E-state index contributed by atoms with van der Waals surface area (Å²) in [6.45, 7) is 8.88. The predicted molar refractivity (Wildman–Crippen MR) is 134 cm³/mol. The van der Waals surface area contributed by atoms with Crippen LogP contribution in [0.2, 0.25) is 0 Å². The predicted octanol–water partition coefficient (Wildman–Crippen LogP) is 4.26. The molecule has 0 spiro atoms. The van der Waals surface area contributed by atoms with Crippen LogP contribution in [0.1, 0.15) is 25.3 Å². The number of benzene rings is 2. The van der Waals surface area contributed by atoms with Crippen LogP contribution in [0, 0.1) is 5.92 Å². The molecule has 174 valence electrons.